The molecule has 0 spiro atoms. The highest BCUT2D eigenvalue weighted by molar-refractivity contribution is 7.80. The van der Waals surface area contributed by atoms with Crippen molar-refractivity contribution in [3.05, 3.63) is 47.8 Å². The number of amidine groups is 2. The smallest absolute Gasteiger partial charge is 0.237 e. The third-order valence-corrected chi connectivity index (χ3v) is 5.55. The Morgan fingerprint density at radius 1 is 0.968 bits per heavy atom. The molecule has 6 N–H and O–H groups in total. The molecule has 0 fully saturated rings. The number of amides is 2. The number of nitrogens with zero attached hydrogens (tertiary/aromatic N) is 4. The Balaban J connectivity index is 1.89. The van der Waals surface area contributed by atoms with Crippen LogP contribution < -0.4 is 22.1 Å². The summed E-state index contributed by atoms with van der Waals surface area (Å²) < 4.78 is 1.66. The number of aliphatic imine (C=N–C) groups is 2. The molecule has 0 saturated carbocycles. The Bertz CT molecular complexity index is 1120. The van der Waals surface area contributed by atoms with Gasteiger partial charge in [-0.05, 0) is 49.1 Å². The molecule has 2 aliphatic rings. The van der Waals surface area contributed by atoms with Crippen LogP contribution in [0.15, 0.2) is 46.5 Å². The molecule has 4 rings (SSSR count). The summed E-state index contributed by atoms with van der Waals surface area (Å²) in [5.41, 5.74) is 14.3. The molecule has 2 unspecified atom stereocenters. The highest BCUT2D eigenvalue weighted by Gasteiger charge is 2.47. The van der Waals surface area contributed by atoms with Crippen LogP contribution in [0.2, 0.25) is 0 Å². The molecular formula is C19H18N8O2S2. The maximum atomic E-state index is 12.9. The maximum absolute atomic E-state index is 12.9. The summed E-state index contributed by atoms with van der Waals surface area (Å²) in [6, 6.07) is 9.42. The molecule has 2 atom stereocenters. The average molecular weight is 455 g/mol. The summed E-state index contributed by atoms with van der Waals surface area (Å²) in [6.45, 7) is 1.78. The molecule has 2 aliphatic heterocycles. The average Bonchev–Trinajstić information content (AvgIpc) is 3.07. The van der Waals surface area contributed by atoms with Gasteiger partial charge in [-0.25, -0.2) is 14.7 Å². The number of benzene rings is 1. The Hall–Kier alpha value is -3.51. The van der Waals surface area contributed by atoms with E-state index in [0.717, 1.165) is 5.69 Å². The topological polar surface area (TPSA) is 153 Å². The van der Waals surface area contributed by atoms with Gasteiger partial charge in [0.2, 0.25) is 22.0 Å². The SMILES string of the molecule is Cc1nn(-c2ccccc2)cc1C(C1C(=O)NC(=S)N=C1N)C1C(=O)NC(=S)N=C1N. The Morgan fingerprint density at radius 2 is 1.48 bits per heavy atom. The summed E-state index contributed by atoms with van der Waals surface area (Å²) in [5, 5.41) is 9.50. The molecule has 0 radical (unpaired) electrons. The molecule has 31 heavy (non-hydrogen) atoms. The minimum absolute atomic E-state index is 0.0145. The summed E-state index contributed by atoms with van der Waals surface area (Å²) in [7, 11) is 0. The van der Waals surface area contributed by atoms with E-state index in [-0.39, 0.29) is 21.9 Å². The molecule has 158 valence electrons. The van der Waals surface area contributed by atoms with Crippen LogP contribution in [0.3, 0.4) is 0 Å². The van der Waals surface area contributed by atoms with E-state index in [2.05, 4.69) is 25.7 Å². The normalized spacial score (nSPS) is 22.4. The number of nitrogens with one attached hydrogen (secondary N) is 2. The number of hydrogen-bond acceptors (Lipinski definition) is 7. The van der Waals surface area contributed by atoms with E-state index in [4.69, 9.17) is 35.9 Å². The van der Waals surface area contributed by atoms with E-state index in [1.807, 2.05) is 30.3 Å². The molecule has 1 aromatic carbocycles. The van der Waals surface area contributed by atoms with Crippen LogP contribution >= 0.6 is 24.4 Å². The van der Waals surface area contributed by atoms with Gasteiger partial charge in [0.05, 0.1) is 11.4 Å². The van der Waals surface area contributed by atoms with Crippen LogP contribution in [0.25, 0.3) is 5.69 Å². The molecule has 0 saturated heterocycles. The van der Waals surface area contributed by atoms with Crippen molar-refractivity contribution >= 4 is 58.1 Å². The van der Waals surface area contributed by atoms with Crippen molar-refractivity contribution in [2.75, 3.05) is 0 Å². The van der Waals surface area contributed by atoms with Crippen molar-refractivity contribution in [1.82, 2.24) is 20.4 Å². The minimum atomic E-state index is -1.02. The van der Waals surface area contributed by atoms with Gasteiger partial charge in [-0.15, -0.1) is 0 Å². The minimum Gasteiger partial charge on any atom is -0.386 e. The fourth-order valence-corrected chi connectivity index (χ4v) is 4.24. The lowest BCUT2D eigenvalue weighted by molar-refractivity contribution is -0.124. The van der Waals surface area contributed by atoms with Gasteiger partial charge in [-0.2, -0.15) is 5.10 Å². The molecule has 3 heterocycles. The second kappa shape index (κ2) is 7.96. The number of para-hydroxylation sites is 1. The van der Waals surface area contributed by atoms with Crippen molar-refractivity contribution in [1.29, 1.82) is 0 Å². The van der Waals surface area contributed by atoms with Crippen LogP contribution in [0.5, 0.6) is 0 Å². The van der Waals surface area contributed by atoms with Crippen molar-refractivity contribution in [2.24, 2.45) is 33.3 Å². The molecule has 2 aromatic rings. The van der Waals surface area contributed by atoms with Crippen LogP contribution in [0.4, 0.5) is 0 Å². The standard InChI is InChI=1S/C19H18N8O2S2/c1-8-10(7-27(26-8)9-5-3-2-4-6-9)11(12-14(20)22-18(30)24-16(12)28)13-15(21)23-19(31)25-17(13)29/h2-7,11-13H,1H3,(H3,20,22,24,28,30)(H3,21,23,25,29,31). The highest BCUT2D eigenvalue weighted by atomic mass is 32.1. The Labute approximate surface area is 187 Å². The van der Waals surface area contributed by atoms with Gasteiger partial charge in [0.15, 0.2) is 0 Å². The lowest BCUT2D eigenvalue weighted by atomic mass is 9.74. The summed E-state index contributed by atoms with van der Waals surface area (Å²) in [4.78, 5) is 33.9. The van der Waals surface area contributed by atoms with Gasteiger partial charge in [-0.1, -0.05) is 18.2 Å². The van der Waals surface area contributed by atoms with E-state index < -0.39 is 29.6 Å². The molecule has 2 amide bonds. The third-order valence-electron chi connectivity index (χ3n) is 5.16. The molecular weight excluding hydrogens is 436 g/mol. The number of hydrogen-bond donors (Lipinski definition) is 4. The summed E-state index contributed by atoms with van der Waals surface area (Å²) in [5.74, 6) is -3.87. The molecule has 1 aromatic heterocycles. The molecule has 12 heteroatoms. The Morgan fingerprint density at radius 3 is 1.97 bits per heavy atom. The highest BCUT2D eigenvalue weighted by Crippen LogP contribution is 2.37. The fourth-order valence-electron chi connectivity index (χ4n) is 3.82. The molecule has 10 nitrogen and oxygen atoms in total. The zero-order valence-corrected chi connectivity index (χ0v) is 17.9. The van der Waals surface area contributed by atoms with E-state index in [0.29, 0.717) is 11.3 Å². The lowest BCUT2D eigenvalue weighted by Crippen LogP contribution is -2.55. The van der Waals surface area contributed by atoms with Crippen LogP contribution in [-0.4, -0.2) is 43.5 Å². The van der Waals surface area contributed by atoms with E-state index in [9.17, 15) is 9.59 Å². The number of thiocarbonyl (C=S) groups is 2. The van der Waals surface area contributed by atoms with Crippen molar-refractivity contribution in [2.45, 2.75) is 12.8 Å². The quantitative estimate of drug-likeness (QED) is 0.476. The summed E-state index contributed by atoms with van der Waals surface area (Å²) in [6.07, 6.45) is 1.75. The second-order valence-electron chi connectivity index (χ2n) is 7.09. The van der Waals surface area contributed by atoms with Gasteiger partial charge in [0.25, 0.3) is 0 Å². The van der Waals surface area contributed by atoms with Crippen molar-refractivity contribution in [3.63, 3.8) is 0 Å². The first-order chi connectivity index (χ1) is 14.8. The largest absolute Gasteiger partial charge is 0.386 e. The zero-order chi connectivity index (χ0) is 22.3. The first-order valence-corrected chi connectivity index (χ1v) is 10.1. The van der Waals surface area contributed by atoms with Crippen LogP contribution in [-0.2, 0) is 9.59 Å². The van der Waals surface area contributed by atoms with E-state index in [1.165, 1.54) is 0 Å². The van der Waals surface area contributed by atoms with E-state index >= 15 is 0 Å². The first kappa shape index (κ1) is 20.8. The number of nitrogens with two attached hydrogens (primary N) is 2. The number of rotatable bonds is 4. The van der Waals surface area contributed by atoms with Gasteiger partial charge in [0, 0.05) is 12.1 Å². The van der Waals surface area contributed by atoms with Crippen molar-refractivity contribution in [3.8, 4) is 5.69 Å². The van der Waals surface area contributed by atoms with Crippen LogP contribution in [0.1, 0.15) is 17.2 Å². The monoisotopic (exact) mass is 454 g/mol. The third kappa shape index (κ3) is 3.82. The van der Waals surface area contributed by atoms with E-state index in [1.54, 1.807) is 17.8 Å². The lowest BCUT2D eigenvalue weighted by Gasteiger charge is -2.34. The Kier molecular flexibility index (Phi) is 5.33. The summed E-state index contributed by atoms with van der Waals surface area (Å²) >= 11 is 9.93. The fraction of sp³-hybridized carbons (Fsp3) is 0.211. The van der Waals surface area contributed by atoms with Gasteiger partial charge < -0.3 is 22.1 Å². The zero-order valence-electron chi connectivity index (χ0n) is 16.3. The number of aryl methyl sites for hydroxylation is 1. The number of carbonyl (C=O) groups excluding carboxylic acids is 2. The second-order valence-corrected chi connectivity index (χ2v) is 7.87. The van der Waals surface area contributed by atoms with Crippen molar-refractivity contribution < 1.29 is 9.59 Å². The first-order valence-electron chi connectivity index (χ1n) is 9.25. The number of aromatic nitrogens is 2. The predicted molar refractivity (Wildman–Crippen MR) is 123 cm³/mol. The van der Waals surface area contributed by atoms with Gasteiger partial charge in [-0.3, -0.25) is 9.59 Å². The molecule has 0 aliphatic carbocycles. The van der Waals surface area contributed by atoms with Gasteiger partial charge >= 0.3 is 0 Å². The predicted octanol–water partition coefficient (Wildman–Crippen LogP) is 0.0405. The van der Waals surface area contributed by atoms with Crippen LogP contribution in [0, 0.1) is 18.8 Å². The maximum Gasteiger partial charge on any atom is 0.237 e. The van der Waals surface area contributed by atoms with Gasteiger partial charge in [0.1, 0.15) is 23.5 Å². The molecule has 0 bridgehead atoms. The number of carbonyl (C=O) groups is 2.